The number of hydrogen-bond acceptors (Lipinski definition) is 5. The van der Waals surface area contributed by atoms with Crippen molar-refractivity contribution in [2.75, 3.05) is 20.6 Å². The van der Waals surface area contributed by atoms with Gasteiger partial charge in [-0.15, -0.1) is 22.7 Å². The summed E-state index contributed by atoms with van der Waals surface area (Å²) in [6, 6.07) is 10.6. The van der Waals surface area contributed by atoms with Gasteiger partial charge in [-0.3, -0.25) is 4.79 Å². The second kappa shape index (κ2) is 8.53. The van der Waals surface area contributed by atoms with Crippen LogP contribution in [0.5, 0.6) is 0 Å². The largest absolute Gasteiger partial charge is 0.354 e. The van der Waals surface area contributed by atoms with E-state index in [0.29, 0.717) is 12.2 Å². The summed E-state index contributed by atoms with van der Waals surface area (Å²) in [4.78, 5) is 20.1. The van der Waals surface area contributed by atoms with Gasteiger partial charge in [0.05, 0.1) is 18.2 Å². The number of halogens is 1. The summed E-state index contributed by atoms with van der Waals surface area (Å²) in [6.07, 6.45) is 0.219. The van der Waals surface area contributed by atoms with Gasteiger partial charge in [0, 0.05) is 22.4 Å². The first-order valence-corrected chi connectivity index (χ1v) is 9.95. The molecule has 3 aromatic rings. The molecule has 2 heterocycles. The molecule has 0 bridgehead atoms. The van der Waals surface area contributed by atoms with Crippen LogP contribution in [0.15, 0.2) is 47.2 Å². The molecular formula is C19H20FN3OS2. The van der Waals surface area contributed by atoms with Gasteiger partial charge in [0.1, 0.15) is 10.8 Å². The maximum Gasteiger partial charge on any atom is 0.226 e. The molecule has 1 unspecified atom stereocenters. The van der Waals surface area contributed by atoms with Gasteiger partial charge in [0.15, 0.2) is 0 Å². The van der Waals surface area contributed by atoms with Crippen LogP contribution in [0.3, 0.4) is 0 Å². The molecule has 1 N–H and O–H groups in total. The zero-order valence-electron chi connectivity index (χ0n) is 14.6. The second-order valence-corrected chi connectivity index (χ2v) is 7.97. The van der Waals surface area contributed by atoms with Crippen LogP contribution in [0.2, 0.25) is 0 Å². The minimum absolute atomic E-state index is 0.0653. The third-order valence-electron chi connectivity index (χ3n) is 3.95. The summed E-state index contributed by atoms with van der Waals surface area (Å²) < 4.78 is 13.3. The van der Waals surface area contributed by atoms with E-state index in [9.17, 15) is 9.18 Å². The van der Waals surface area contributed by atoms with E-state index in [1.807, 2.05) is 37.0 Å². The second-order valence-electron chi connectivity index (χ2n) is 6.13. The molecule has 0 aliphatic heterocycles. The zero-order valence-corrected chi connectivity index (χ0v) is 16.2. The van der Waals surface area contributed by atoms with Gasteiger partial charge in [-0.2, -0.15) is 0 Å². The zero-order chi connectivity index (χ0) is 18.5. The Bertz CT molecular complexity index is 861. The molecule has 136 valence electrons. The van der Waals surface area contributed by atoms with Gasteiger partial charge >= 0.3 is 0 Å². The lowest BCUT2D eigenvalue weighted by Crippen LogP contribution is -2.34. The van der Waals surface area contributed by atoms with Crippen molar-refractivity contribution in [3.05, 3.63) is 63.5 Å². The molecule has 3 rings (SSSR count). The van der Waals surface area contributed by atoms with Crippen LogP contribution < -0.4 is 5.32 Å². The van der Waals surface area contributed by atoms with Crippen molar-refractivity contribution in [2.24, 2.45) is 0 Å². The number of hydrogen-bond donors (Lipinski definition) is 1. The molecule has 0 aliphatic carbocycles. The molecule has 0 radical (unpaired) electrons. The molecule has 0 saturated carbocycles. The number of thiophene rings is 1. The fourth-order valence-electron chi connectivity index (χ4n) is 2.60. The van der Waals surface area contributed by atoms with Crippen molar-refractivity contribution in [3.8, 4) is 10.6 Å². The molecule has 1 amide bonds. The van der Waals surface area contributed by atoms with Crippen molar-refractivity contribution < 1.29 is 9.18 Å². The van der Waals surface area contributed by atoms with E-state index < -0.39 is 0 Å². The van der Waals surface area contributed by atoms with Crippen LogP contribution in [0.1, 0.15) is 16.6 Å². The minimum Gasteiger partial charge on any atom is -0.354 e. The maximum absolute atomic E-state index is 13.3. The van der Waals surface area contributed by atoms with Crippen molar-refractivity contribution in [3.63, 3.8) is 0 Å². The summed E-state index contributed by atoms with van der Waals surface area (Å²) in [7, 11) is 4.00. The first-order valence-electron chi connectivity index (χ1n) is 8.20. The Hall–Kier alpha value is -2.09. The summed E-state index contributed by atoms with van der Waals surface area (Å²) in [5, 5.41) is 7.60. The van der Waals surface area contributed by atoms with E-state index in [1.54, 1.807) is 17.4 Å². The van der Waals surface area contributed by atoms with E-state index in [1.165, 1.54) is 28.3 Å². The Morgan fingerprint density at radius 2 is 2.12 bits per heavy atom. The highest BCUT2D eigenvalue weighted by Crippen LogP contribution is 2.25. The number of thiazole rings is 1. The summed E-state index contributed by atoms with van der Waals surface area (Å²) in [5.41, 5.74) is 1.43. The van der Waals surface area contributed by atoms with E-state index >= 15 is 0 Å². The summed E-state index contributed by atoms with van der Waals surface area (Å²) in [6.45, 7) is 0.549. The average Bonchev–Trinajstić information content (AvgIpc) is 3.27. The fourth-order valence-corrected chi connectivity index (χ4v) is 4.34. The molecule has 2 aromatic heterocycles. The van der Waals surface area contributed by atoms with Gasteiger partial charge in [-0.25, -0.2) is 9.37 Å². The average molecular weight is 390 g/mol. The quantitative estimate of drug-likeness (QED) is 0.665. The first-order chi connectivity index (χ1) is 12.5. The lowest BCUT2D eigenvalue weighted by Gasteiger charge is -2.23. The lowest BCUT2D eigenvalue weighted by atomic mass is 10.2. The third kappa shape index (κ3) is 4.75. The van der Waals surface area contributed by atoms with Gasteiger partial charge in [-0.05, 0) is 37.7 Å². The van der Waals surface area contributed by atoms with Gasteiger partial charge < -0.3 is 10.2 Å². The van der Waals surface area contributed by atoms with Crippen LogP contribution in [-0.4, -0.2) is 36.4 Å². The molecule has 0 fully saturated rings. The minimum atomic E-state index is -0.291. The number of rotatable bonds is 7. The Balaban J connectivity index is 1.58. The van der Waals surface area contributed by atoms with E-state index in [-0.39, 0.29) is 24.2 Å². The van der Waals surface area contributed by atoms with E-state index in [0.717, 1.165) is 10.6 Å². The van der Waals surface area contributed by atoms with Crippen molar-refractivity contribution in [1.82, 2.24) is 15.2 Å². The Labute approximate surface area is 160 Å². The summed E-state index contributed by atoms with van der Waals surface area (Å²) >= 11 is 3.10. The van der Waals surface area contributed by atoms with Crippen molar-refractivity contribution in [2.45, 2.75) is 12.5 Å². The Kier molecular flexibility index (Phi) is 6.13. The van der Waals surface area contributed by atoms with Crippen LogP contribution in [0.25, 0.3) is 10.6 Å². The molecule has 7 heteroatoms. The number of nitrogens with zero attached hydrogens (tertiary/aromatic N) is 2. The number of amides is 1. The molecule has 0 saturated heterocycles. The number of carbonyl (C=O) groups excluding carboxylic acids is 1. The van der Waals surface area contributed by atoms with Gasteiger partial charge in [0.2, 0.25) is 5.91 Å². The smallest absolute Gasteiger partial charge is 0.226 e. The van der Waals surface area contributed by atoms with Crippen molar-refractivity contribution >= 4 is 28.6 Å². The SMILES string of the molecule is CN(C)C(CNC(=O)Cc1csc(-c2cccc(F)c2)n1)c1cccs1. The molecule has 0 spiro atoms. The van der Waals surface area contributed by atoms with Crippen LogP contribution in [-0.2, 0) is 11.2 Å². The normalized spacial score (nSPS) is 12.3. The summed E-state index contributed by atoms with van der Waals surface area (Å²) in [5.74, 6) is -0.357. The first kappa shape index (κ1) is 18.7. The molecule has 26 heavy (non-hydrogen) atoms. The predicted molar refractivity (Wildman–Crippen MR) is 105 cm³/mol. The van der Waals surface area contributed by atoms with Crippen LogP contribution >= 0.6 is 22.7 Å². The monoisotopic (exact) mass is 389 g/mol. The van der Waals surface area contributed by atoms with Crippen LogP contribution in [0, 0.1) is 5.82 Å². The predicted octanol–water partition coefficient (Wildman–Crippen LogP) is 3.97. The Morgan fingerprint density at radius 3 is 2.81 bits per heavy atom. The molecule has 1 aromatic carbocycles. The third-order valence-corrected chi connectivity index (χ3v) is 5.87. The fraction of sp³-hybridized carbons (Fsp3) is 0.263. The van der Waals surface area contributed by atoms with Crippen molar-refractivity contribution in [1.29, 1.82) is 0 Å². The van der Waals surface area contributed by atoms with E-state index in [2.05, 4.69) is 21.3 Å². The molecule has 0 aliphatic rings. The number of aromatic nitrogens is 1. The molecule has 4 nitrogen and oxygen atoms in total. The lowest BCUT2D eigenvalue weighted by molar-refractivity contribution is -0.120. The molecular weight excluding hydrogens is 369 g/mol. The number of benzene rings is 1. The molecule has 1 atom stereocenters. The maximum atomic E-state index is 13.3. The number of nitrogens with one attached hydrogen (secondary N) is 1. The standard InChI is InChI=1S/C19H20FN3OS2/c1-23(2)16(17-7-4-8-25-17)11-21-18(24)10-15-12-26-19(22-15)13-5-3-6-14(20)9-13/h3-9,12,16H,10-11H2,1-2H3,(H,21,24). The highest BCUT2D eigenvalue weighted by molar-refractivity contribution is 7.13. The van der Waals surface area contributed by atoms with Gasteiger partial charge in [-0.1, -0.05) is 18.2 Å². The number of carbonyl (C=O) groups is 1. The van der Waals surface area contributed by atoms with E-state index in [4.69, 9.17) is 0 Å². The number of likely N-dealkylation sites (N-methyl/N-ethyl adjacent to an activating group) is 1. The van der Waals surface area contributed by atoms with Crippen LogP contribution in [0.4, 0.5) is 4.39 Å². The van der Waals surface area contributed by atoms with Gasteiger partial charge in [0.25, 0.3) is 0 Å². The Morgan fingerprint density at radius 1 is 1.27 bits per heavy atom. The highest BCUT2D eigenvalue weighted by atomic mass is 32.1. The highest BCUT2D eigenvalue weighted by Gasteiger charge is 2.17. The topological polar surface area (TPSA) is 45.2 Å².